The maximum atomic E-state index is 13.3. The first-order chi connectivity index (χ1) is 16.3. The van der Waals surface area contributed by atoms with Crippen molar-refractivity contribution in [2.45, 2.75) is 40.2 Å². The van der Waals surface area contributed by atoms with Crippen LogP contribution in [0.5, 0.6) is 11.6 Å². The van der Waals surface area contributed by atoms with Gasteiger partial charge in [-0.1, -0.05) is 18.2 Å². The van der Waals surface area contributed by atoms with Gasteiger partial charge in [0.05, 0.1) is 6.10 Å². The Hall–Kier alpha value is -3.96. The standard InChI is InChI=1S/C26H28N4O4/c1-17(2)33-13-7-11-28-24(31)20(16-27)15-22-25(34-21-10-5-8-18(3)14-21)29-23-19(4)9-6-12-30(23)26(22)32/h5-6,8-10,12,14-15,17H,7,11,13H2,1-4H3,(H,28,31). The van der Waals surface area contributed by atoms with Gasteiger partial charge in [0, 0.05) is 19.3 Å². The van der Waals surface area contributed by atoms with Crippen LogP contribution >= 0.6 is 0 Å². The number of rotatable bonds is 9. The number of nitriles is 1. The average Bonchev–Trinajstić information content (AvgIpc) is 2.79. The van der Waals surface area contributed by atoms with Crippen LogP contribution in [0.3, 0.4) is 0 Å². The minimum atomic E-state index is -0.581. The number of benzene rings is 1. The molecule has 0 saturated heterocycles. The third kappa shape index (κ3) is 6.09. The van der Waals surface area contributed by atoms with Gasteiger partial charge in [-0.05, 0) is 69.5 Å². The van der Waals surface area contributed by atoms with Gasteiger partial charge in [0.15, 0.2) is 0 Å². The topological polar surface area (TPSA) is 106 Å². The fraction of sp³-hybridized carbons (Fsp3) is 0.308. The second-order valence-corrected chi connectivity index (χ2v) is 8.14. The number of pyridine rings is 1. The van der Waals surface area contributed by atoms with Gasteiger partial charge in [-0.25, -0.2) is 0 Å². The van der Waals surface area contributed by atoms with Gasteiger partial charge in [0.1, 0.15) is 28.6 Å². The summed E-state index contributed by atoms with van der Waals surface area (Å²) in [6, 6.07) is 12.8. The van der Waals surface area contributed by atoms with Gasteiger partial charge < -0.3 is 14.8 Å². The Morgan fingerprint density at radius 1 is 1.26 bits per heavy atom. The van der Waals surface area contributed by atoms with E-state index >= 15 is 0 Å². The fourth-order valence-corrected chi connectivity index (χ4v) is 3.27. The Kier molecular flexibility index (Phi) is 8.17. The van der Waals surface area contributed by atoms with Gasteiger partial charge >= 0.3 is 0 Å². The Bertz CT molecular complexity index is 1320. The van der Waals surface area contributed by atoms with Gasteiger partial charge in [-0.3, -0.25) is 14.0 Å². The molecular weight excluding hydrogens is 432 g/mol. The van der Waals surface area contributed by atoms with E-state index in [4.69, 9.17) is 9.47 Å². The molecule has 0 aliphatic rings. The number of nitrogens with zero attached hydrogens (tertiary/aromatic N) is 3. The van der Waals surface area contributed by atoms with Gasteiger partial charge in [-0.2, -0.15) is 10.2 Å². The highest BCUT2D eigenvalue weighted by molar-refractivity contribution is 6.01. The van der Waals surface area contributed by atoms with E-state index in [0.29, 0.717) is 31.0 Å². The number of carbonyl (C=O) groups excluding carboxylic acids is 1. The summed E-state index contributed by atoms with van der Waals surface area (Å²) in [5.41, 5.74) is 1.54. The largest absolute Gasteiger partial charge is 0.438 e. The van der Waals surface area contributed by atoms with E-state index in [1.807, 2.05) is 58.0 Å². The third-order valence-corrected chi connectivity index (χ3v) is 4.96. The molecular formula is C26H28N4O4. The van der Waals surface area contributed by atoms with Crippen molar-refractivity contribution in [2.24, 2.45) is 0 Å². The van der Waals surface area contributed by atoms with Crippen molar-refractivity contribution in [3.8, 4) is 17.7 Å². The summed E-state index contributed by atoms with van der Waals surface area (Å²) in [5, 5.41) is 12.3. The molecule has 8 nitrogen and oxygen atoms in total. The van der Waals surface area contributed by atoms with Crippen molar-refractivity contribution in [1.29, 1.82) is 5.26 Å². The second kappa shape index (κ2) is 11.3. The number of hydrogen-bond acceptors (Lipinski definition) is 6. The van der Waals surface area contributed by atoms with Gasteiger partial charge in [-0.15, -0.1) is 0 Å². The molecule has 0 radical (unpaired) electrons. The lowest BCUT2D eigenvalue weighted by Gasteiger charge is -2.12. The van der Waals surface area contributed by atoms with Crippen molar-refractivity contribution >= 4 is 17.6 Å². The summed E-state index contributed by atoms with van der Waals surface area (Å²) in [5.74, 6) is -0.0642. The van der Waals surface area contributed by atoms with E-state index in [1.54, 1.807) is 18.3 Å². The molecule has 34 heavy (non-hydrogen) atoms. The minimum Gasteiger partial charge on any atom is -0.438 e. The molecule has 1 aromatic carbocycles. The molecule has 0 atom stereocenters. The first-order valence-corrected chi connectivity index (χ1v) is 11.1. The van der Waals surface area contributed by atoms with Crippen LogP contribution in [0.1, 0.15) is 37.0 Å². The molecule has 0 aliphatic carbocycles. The normalized spacial score (nSPS) is 11.5. The quantitative estimate of drug-likeness (QED) is 0.295. The highest BCUT2D eigenvalue weighted by Crippen LogP contribution is 2.25. The molecule has 0 bridgehead atoms. The van der Waals surface area contributed by atoms with Crippen LogP contribution in [-0.2, 0) is 9.53 Å². The predicted molar refractivity (Wildman–Crippen MR) is 130 cm³/mol. The van der Waals surface area contributed by atoms with Crippen LogP contribution in [-0.4, -0.2) is 34.5 Å². The summed E-state index contributed by atoms with van der Waals surface area (Å²) >= 11 is 0. The number of ether oxygens (including phenoxy) is 2. The Morgan fingerprint density at radius 2 is 2.06 bits per heavy atom. The van der Waals surface area contributed by atoms with Crippen molar-refractivity contribution in [1.82, 2.24) is 14.7 Å². The number of aromatic nitrogens is 2. The fourth-order valence-electron chi connectivity index (χ4n) is 3.27. The summed E-state index contributed by atoms with van der Waals surface area (Å²) < 4.78 is 12.8. The number of carbonyl (C=O) groups is 1. The molecule has 1 amide bonds. The Morgan fingerprint density at radius 3 is 2.76 bits per heavy atom. The minimum absolute atomic E-state index is 0.0134. The number of aryl methyl sites for hydroxylation is 2. The lowest BCUT2D eigenvalue weighted by Crippen LogP contribution is -2.27. The third-order valence-electron chi connectivity index (χ3n) is 4.96. The molecule has 0 aliphatic heterocycles. The van der Waals surface area contributed by atoms with Crippen LogP contribution in [0.25, 0.3) is 11.7 Å². The lowest BCUT2D eigenvalue weighted by molar-refractivity contribution is -0.117. The molecule has 176 valence electrons. The zero-order valence-corrected chi connectivity index (χ0v) is 19.8. The molecule has 8 heteroatoms. The molecule has 0 fully saturated rings. The number of amides is 1. The van der Waals surface area contributed by atoms with Crippen molar-refractivity contribution < 1.29 is 14.3 Å². The molecule has 2 heterocycles. The highest BCUT2D eigenvalue weighted by Gasteiger charge is 2.18. The maximum Gasteiger partial charge on any atom is 0.269 e. The van der Waals surface area contributed by atoms with E-state index < -0.39 is 11.5 Å². The summed E-state index contributed by atoms with van der Waals surface area (Å²) in [6.07, 6.45) is 3.53. The smallest absolute Gasteiger partial charge is 0.269 e. The molecule has 1 N–H and O–H groups in total. The molecule has 0 saturated carbocycles. The molecule has 2 aromatic heterocycles. The molecule has 3 rings (SSSR count). The van der Waals surface area contributed by atoms with Crippen LogP contribution in [0, 0.1) is 25.2 Å². The predicted octanol–water partition coefficient (Wildman–Crippen LogP) is 3.94. The zero-order chi connectivity index (χ0) is 24.7. The van der Waals surface area contributed by atoms with Crippen LogP contribution in [0.4, 0.5) is 0 Å². The summed E-state index contributed by atoms with van der Waals surface area (Å²) in [4.78, 5) is 30.5. The van der Waals surface area contributed by atoms with E-state index in [9.17, 15) is 14.9 Å². The first-order valence-electron chi connectivity index (χ1n) is 11.1. The Balaban J connectivity index is 1.99. The zero-order valence-electron chi connectivity index (χ0n) is 19.8. The monoisotopic (exact) mass is 460 g/mol. The number of nitrogens with one attached hydrogen (secondary N) is 1. The summed E-state index contributed by atoms with van der Waals surface area (Å²) in [7, 11) is 0. The lowest BCUT2D eigenvalue weighted by atomic mass is 10.1. The van der Waals surface area contributed by atoms with Crippen LogP contribution < -0.4 is 15.6 Å². The summed E-state index contributed by atoms with van der Waals surface area (Å²) in [6.45, 7) is 8.46. The highest BCUT2D eigenvalue weighted by atomic mass is 16.5. The average molecular weight is 461 g/mol. The molecule has 0 unspecified atom stereocenters. The maximum absolute atomic E-state index is 13.3. The Labute approximate surface area is 198 Å². The van der Waals surface area contributed by atoms with Crippen LogP contribution in [0.15, 0.2) is 53.0 Å². The van der Waals surface area contributed by atoms with E-state index in [1.165, 1.54) is 10.5 Å². The first kappa shape index (κ1) is 24.7. The van der Waals surface area contributed by atoms with E-state index in [2.05, 4.69) is 10.3 Å². The molecule has 3 aromatic rings. The van der Waals surface area contributed by atoms with Gasteiger partial charge in [0.2, 0.25) is 5.88 Å². The van der Waals surface area contributed by atoms with Crippen LogP contribution in [0.2, 0.25) is 0 Å². The van der Waals surface area contributed by atoms with Crippen molar-refractivity contribution in [2.75, 3.05) is 13.2 Å². The number of hydrogen-bond donors (Lipinski definition) is 1. The number of fused-ring (bicyclic) bond motifs is 1. The molecule has 0 spiro atoms. The van der Waals surface area contributed by atoms with Crippen molar-refractivity contribution in [3.63, 3.8) is 0 Å². The SMILES string of the molecule is Cc1cccc(Oc2nc3c(C)cccn3c(=O)c2C=C(C#N)C(=O)NCCCOC(C)C)c1. The van der Waals surface area contributed by atoms with E-state index in [-0.39, 0.29) is 23.1 Å². The second-order valence-electron chi connectivity index (χ2n) is 8.14. The van der Waals surface area contributed by atoms with Crippen molar-refractivity contribution in [3.05, 3.63) is 75.2 Å². The van der Waals surface area contributed by atoms with Gasteiger partial charge in [0.25, 0.3) is 11.5 Å². The van der Waals surface area contributed by atoms with E-state index in [0.717, 1.165) is 11.1 Å².